The van der Waals surface area contributed by atoms with Crippen molar-refractivity contribution in [1.82, 2.24) is 15.6 Å². The Hall–Kier alpha value is -1.40. The van der Waals surface area contributed by atoms with E-state index in [-0.39, 0.29) is 0 Å². The lowest BCUT2D eigenvalue weighted by atomic mass is 10.2. The molecule has 0 aliphatic rings. The van der Waals surface area contributed by atoms with Crippen LogP contribution in [-0.4, -0.2) is 22.6 Å². The zero-order valence-corrected chi connectivity index (χ0v) is 13.1. The van der Waals surface area contributed by atoms with E-state index in [0.717, 1.165) is 25.0 Å². The Bertz CT molecular complexity index is 464. The third-order valence-corrected chi connectivity index (χ3v) is 3.13. The number of rotatable bonds is 6. The Labute approximate surface area is 130 Å². The first-order valence-electron chi connectivity index (χ1n) is 6.57. The van der Waals surface area contributed by atoms with Crippen LogP contribution in [0.25, 0.3) is 0 Å². The molecule has 1 heterocycles. The first kappa shape index (κ1) is 16.7. The van der Waals surface area contributed by atoms with Crippen molar-refractivity contribution in [2.45, 2.75) is 32.7 Å². The standard InChI is InChI=1S/C13H20ClN5S/c1-2-3-4-7-17-12(15)19-13(20)18-9-11-10(14)6-5-8-16-11/h5-6,8H,2-4,7,9H2,1H3,(H4,15,17,18,19,20). The van der Waals surface area contributed by atoms with Crippen molar-refractivity contribution in [1.29, 1.82) is 0 Å². The van der Waals surface area contributed by atoms with E-state index in [9.17, 15) is 0 Å². The second kappa shape index (κ2) is 9.50. The van der Waals surface area contributed by atoms with Crippen molar-refractivity contribution in [2.75, 3.05) is 6.54 Å². The minimum atomic E-state index is 0.325. The molecule has 0 amide bonds. The summed E-state index contributed by atoms with van der Waals surface area (Å²) in [5.41, 5.74) is 6.46. The Balaban J connectivity index is 2.31. The van der Waals surface area contributed by atoms with Gasteiger partial charge in [0.2, 0.25) is 0 Å². The van der Waals surface area contributed by atoms with Crippen LogP contribution in [0.15, 0.2) is 23.3 Å². The molecule has 7 heteroatoms. The number of nitrogens with two attached hydrogens (primary N) is 1. The van der Waals surface area contributed by atoms with Crippen LogP contribution in [0, 0.1) is 0 Å². The first-order chi connectivity index (χ1) is 9.63. The van der Waals surface area contributed by atoms with Crippen LogP contribution < -0.4 is 16.4 Å². The Kier molecular flexibility index (Phi) is 7.91. The number of thiocarbonyl (C=S) groups is 1. The summed E-state index contributed by atoms with van der Waals surface area (Å²) >= 11 is 11.1. The van der Waals surface area contributed by atoms with Crippen molar-refractivity contribution in [2.24, 2.45) is 10.7 Å². The Morgan fingerprint density at radius 2 is 2.30 bits per heavy atom. The summed E-state index contributed by atoms with van der Waals surface area (Å²) in [6, 6.07) is 3.56. The maximum Gasteiger partial charge on any atom is 0.194 e. The van der Waals surface area contributed by atoms with E-state index in [1.54, 1.807) is 18.3 Å². The van der Waals surface area contributed by atoms with Gasteiger partial charge in [0.05, 0.1) is 17.3 Å². The lowest BCUT2D eigenvalue weighted by molar-refractivity contribution is 0.726. The Morgan fingerprint density at radius 1 is 1.50 bits per heavy atom. The predicted molar refractivity (Wildman–Crippen MR) is 87.8 cm³/mol. The summed E-state index contributed by atoms with van der Waals surface area (Å²) < 4.78 is 0. The normalized spacial score (nSPS) is 11.2. The van der Waals surface area contributed by atoms with Gasteiger partial charge in [-0.3, -0.25) is 9.98 Å². The molecule has 0 saturated heterocycles. The lowest BCUT2D eigenvalue weighted by Crippen LogP contribution is -2.43. The molecule has 0 unspecified atom stereocenters. The van der Waals surface area contributed by atoms with Crippen LogP contribution in [0.5, 0.6) is 0 Å². The molecular weight excluding hydrogens is 294 g/mol. The van der Waals surface area contributed by atoms with E-state index in [1.807, 2.05) is 0 Å². The molecule has 20 heavy (non-hydrogen) atoms. The van der Waals surface area contributed by atoms with E-state index in [2.05, 4.69) is 27.5 Å². The minimum absolute atomic E-state index is 0.325. The van der Waals surface area contributed by atoms with Gasteiger partial charge >= 0.3 is 0 Å². The first-order valence-corrected chi connectivity index (χ1v) is 7.36. The highest BCUT2D eigenvalue weighted by atomic mass is 35.5. The van der Waals surface area contributed by atoms with Gasteiger partial charge < -0.3 is 16.4 Å². The van der Waals surface area contributed by atoms with E-state index < -0.39 is 0 Å². The van der Waals surface area contributed by atoms with Gasteiger partial charge in [-0.25, -0.2) is 0 Å². The molecule has 1 aromatic heterocycles. The van der Waals surface area contributed by atoms with E-state index in [4.69, 9.17) is 29.6 Å². The largest absolute Gasteiger partial charge is 0.370 e. The van der Waals surface area contributed by atoms with Crippen LogP contribution in [0.4, 0.5) is 0 Å². The van der Waals surface area contributed by atoms with Crippen molar-refractivity contribution < 1.29 is 0 Å². The third kappa shape index (κ3) is 6.68. The quantitative estimate of drug-likeness (QED) is 0.325. The summed E-state index contributed by atoms with van der Waals surface area (Å²) in [6.07, 6.45) is 5.02. The highest BCUT2D eigenvalue weighted by Crippen LogP contribution is 2.11. The zero-order chi connectivity index (χ0) is 14.8. The molecule has 5 nitrogen and oxygen atoms in total. The van der Waals surface area contributed by atoms with Crippen molar-refractivity contribution in [3.05, 3.63) is 29.0 Å². The second-order valence-electron chi connectivity index (χ2n) is 4.21. The van der Waals surface area contributed by atoms with Gasteiger partial charge in [0.25, 0.3) is 0 Å². The second-order valence-corrected chi connectivity index (χ2v) is 5.03. The van der Waals surface area contributed by atoms with Crippen molar-refractivity contribution >= 4 is 34.9 Å². The van der Waals surface area contributed by atoms with Crippen molar-refractivity contribution in [3.63, 3.8) is 0 Å². The van der Waals surface area contributed by atoms with Crippen LogP contribution >= 0.6 is 23.8 Å². The number of hydrogen-bond acceptors (Lipinski definition) is 3. The molecule has 0 atom stereocenters. The number of pyridine rings is 1. The highest BCUT2D eigenvalue weighted by molar-refractivity contribution is 7.80. The van der Waals surface area contributed by atoms with Gasteiger partial charge in [-0.15, -0.1) is 0 Å². The van der Waals surface area contributed by atoms with Gasteiger partial charge in [-0.05, 0) is 30.8 Å². The molecule has 0 aliphatic heterocycles. The molecule has 1 rings (SSSR count). The molecule has 0 saturated carbocycles. The average Bonchev–Trinajstić information content (AvgIpc) is 2.43. The average molecular weight is 314 g/mol. The fourth-order valence-corrected chi connectivity index (χ4v) is 1.84. The fraction of sp³-hybridized carbons (Fsp3) is 0.462. The summed E-state index contributed by atoms with van der Waals surface area (Å²) in [5, 5.41) is 6.82. The highest BCUT2D eigenvalue weighted by Gasteiger charge is 2.02. The van der Waals surface area contributed by atoms with Crippen LogP contribution in [0.3, 0.4) is 0 Å². The summed E-state index contributed by atoms with van der Waals surface area (Å²) in [4.78, 5) is 8.34. The minimum Gasteiger partial charge on any atom is -0.370 e. The molecular formula is C13H20ClN5S. The molecule has 0 fully saturated rings. The van der Waals surface area contributed by atoms with E-state index in [1.165, 1.54) is 0 Å². The maximum atomic E-state index is 6.00. The molecule has 0 spiro atoms. The Morgan fingerprint density at radius 3 is 3.00 bits per heavy atom. The van der Waals surface area contributed by atoms with Gasteiger partial charge in [-0.1, -0.05) is 31.4 Å². The smallest absolute Gasteiger partial charge is 0.194 e. The SMILES string of the molecule is CCCCCN=C(N)NC(=S)NCc1ncccc1Cl. The van der Waals surface area contributed by atoms with E-state index >= 15 is 0 Å². The van der Waals surface area contributed by atoms with Crippen molar-refractivity contribution in [3.8, 4) is 0 Å². The molecule has 0 radical (unpaired) electrons. The predicted octanol–water partition coefficient (Wildman–Crippen LogP) is 2.20. The van der Waals surface area contributed by atoms with E-state index in [0.29, 0.717) is 29.2 Å². The van der Waals surface area contributed by atoms with Crippen LogP contribution in [-0.2, 0) is 6.54 Å². The number of nitrogens with one attached hydrogen (secondary N) is 2. The molecule has 4 N–H and O–H groups in total. The number of halogens is 1. The number of unbranched alkanes of at least 4 members (excludes halogenated alkanes) is 2. The van der Waals surface area contributed by atoms with Gasteiger partial charge in [0, 0.05) is 12.7 Å². The number of aliphatic imine (C=N–C) groups is 1. The topological polar surface area (TPSA) is 75.3 Å². The molecule has 0 aromatic carbocycles. The molecule has 0 bridgehead atoms. The summed E-state index contributed by atoms with van der Waals surface area (Å²) in [6.45, 7) is 3.29. The molecule has 0 aliphatic carbocycles. The molecule has 1 aromatic rings. The summed E-state index contributed by atoms with van der Waals surface area (Å²) in [5.74, 6) is 0.325. The maximum absolute atomic E-state index is 6.00. The van der Waals surface area contributed by atoms with Gasteiger partial charge in [0.1, 0.15) is 0 Å². The zero-order valence-electron chi connectivity index (χ0n) is 11.5. The molecule has 110 valence electrons. The number of nitrogens with zero attached hydrogens (tertiary/aromatic N) is 2. The van der Waals surface area contributed by atoms with Gasteiger partial charge in [-0.2, -0.15) is 0 Å². The van der Waals surface area contributed by atoms with Gasteiger partial charge in [0.15, 0.2) is 11.1 Å². The number of aromatic nitrogens is 1. The third-order valence-electron chi connectivity index (χ3n) is 2.54. The number of guanidine groups is 1. The van der Waals surface area contributed by atoms with Crippen LogP contribution in [0.2, 0.25) is 5.02 Å². The number of hydrogen-bond donors (Lipinski definition) is 3. The monoisotopic (exact) mass is 313 g/mol. The fourth-order valence-electron chi connectivity index (χ4n) is 1.47. The van der Waals surface area contributed by atoms with Crippen LogP contribution in [0.1, 0.15) is 31.9 Å². The lowest BCUT2D eigenvalue weighted by Gasteiger charge is -2.10. The summed E-state index contributed by atoms with van der Waals surface area (Å²) in [7, 11) is 0.